The van der Waals surface area contributed by atoms with Crippen molar-refractivity contribution in [3.05, 3.63) is 34.9 Å². The molecular formula is C14H19ClN2S. The minimum Gasteiger partial charge on any atom is -0.299 e. The number of nitrogens with zero attached hydrogens (tertiary/aromatic N) is 1. The van der Waals surface area contributed by atoms with E-state index in [0.29, 0.717) is 0 Å². The molecule has 2 nitrogen and oxygen atoms in total. The number of hydrogen-bond donors (Lipinski definition) is 1. The minimum absolute atomic E-state index is 0.437. The van der Waals surface area contributed by atoms with E-state index in [4.69, 9.17) is 11.6 Å². The summed E-state index contributed by atoms with van der Waals surface area (Å²) in [6.45, 7) is 4.94. The molecule has 0 fully saturated rings. The topological polar surface area (TPSA) is 35.8 Å². The van der Waals surface area contributed by atoms with Crippen molar-refractivity contribution in [1.82, 2.24) is 5.32 Å². The first-order valence-corrected chi connectivity index (χ1v) is 7.61. The maximum atomic E-state index is 9.20. The maximum Gasteiger partial charge on any atom is 0.113 e. The lowest BCUT2D eigenvalue weighted by atomic mass is 10.1. The van der Waals surface area contributed by atoms with Gasteiger partial charge in [0.1, 0.15) is 5.54 Å². The molecule has 0 heterocycles. The van der Waals surface area contributed by atoms with Crippen molar-refractivity contribution in [3.8, 4) is 6.07 Å². The summed E-state index contributed by atoms with van der Waals surface area (Å²) in [4.78, 5) is 0. The lowest BCUT2D eigenvalue weighted by Gasteiger charge is -2.22. The molecule has 0 aromatic heterocycles. The van der Waals surface area contributed by atoms with E-state index in [9.17, 15) is 5.26 Å². The Bertz CT molecular complexity index is 399. The maximum absolute atomic E-state index is 9.20. The molecule has 4 heteroatoms. The SMILES string of the molecule is CCCNC(C)(C#N)CSCc1ccc(Cl)cc1. The van der Waals surface area contributed by atoms with E-state index < -0.39 is 5.54 Å². The highest BCUT2D eigenvalue weighted by molar-refractivity contribution is 7.98. The summed E-state index contributed by atoms with van der Waals surface area (Å²) in [6.07, 6.45) is 1.04. The lowest BCUT2D eigenvalue weighted by molar-refractivity contribution is 0.493. The highest BCUT2D eigenvalue weighted by atomic mass is 35.5. The molecule has 0 spiro atoms. The van der Waals surface area contributed by atoms with Crippen LogP contribution in [-0.2, 0) is 5.75 Å². The largest absolute Gasteiger partial charge is 0.299 e. The van der Waals surface area contributed by atoms with Crippen LogP contribution in [0.15, 0.2) is 24.3 Å². The van der Waals surface area contributed by atoms with Crippen LogP contribution in [0.3, 0.4) is 0 Å². The molecule has 18 heavy (non-hydrogen) atoms. The predicted octanol–water partition coefficient (Wildman–Crippen LogP) is 3.86. The van der Waals surface area contributed by atoms with Crippen molar-refractivity contribution >= 4 is 23.4 Å². The van der Waals surface area contributed by atoms with Gasteiger partial charge in [-0.1, -0.05) is 30.7 Å². The van der Waals surface area contributed by atoms with E-state index >= 15 is 0 Å². The van der Waals surface area contributed by atoms with E-state index in [0.717, 1.165) is 29.5 Å². The fourth-order valence-electron chi connectivity index (χ4n) is 1.48. The highest BCUT2D eigenvalue weighted by Crippen LogP contribution is 2.19. The smallest absolute Gasteiger partial charge is 0.113 e. The predicted molar refractivity (Wildman–Crippen MR) is 79.9 cm³/mol. The summed E-state index contributed by atoms with van der Waals surface area (Å²) >= 11 is 7.60. The van der Waals surface area contributed by atoms with Crippen LogP contribution in [0.1, 0.15) is 25.8 Å². The monoisotopic (exact) mass is 282 g/mol. The molecule has 1 aromatic carbocycles. The van der Waals surface area contributed by atoms with Gasteiger partial charge in [0.15, 0.2) is 0 Å². The third-order valence-electron chi connectivity index (χ3n) is 2.58. The fourth-order valence-corrected chi connectivity index (χ4v) is 2.71. The van der Waals surface area contributed by atoms with E-state index in [1.807, 2.05) is 31.2 Å². The first-order chi connectivity index (χ1) is 8.59. The molecule has 0 amide bonds. The van der Waals surface area contributed by atoms with Gasteiger partial charge in [-0.2, -0.15) is 17.0 Å². The molecule has 1 unspecified atom stereocenters. The van der Waals surface area contributed by atoms with Gasteiger partial charge in [-0.3, -0.25) is 5.32 Å². The Balaban J connectivity index is 2.40. The molecule has 0 radical (unpaired) electrons. The second kappa shape index (κ2) is 7.68. The van der Waals surface area contributed by atoms with E-state index in [1.165, 1.54) is 5.56 Å². The molecule has 1 atom stereocenters. The lowest BCUT2D eigenvalue weighted by Crippen LogP contribution is -2.43. The Labute approximate surface area is 119 Å². The molecule has 98 valence electrons. The molecular weight excluding hydrogens is 264 g/mol. The van der Waals surface area contributed by atoms with E-state index in [1.54, 1.807) is 11.8 Å². The standard InChI is InChI=1S/C14H19ClN2S/c1-3-8-17-14(2,10-16)11-18-9-12-4-6-13(15)7-5-12/h4-7,17H,3,8-9,11H2,1-2H3. The fraction of sp³-hybridized carbons (Fsp3) is 0.500. The summed E-state index contributed by atoms with van der Waals surface area (Å²) in [5, 5.41) is 13.2. The number of thioether (sulfide) groups is 1. The van der Waals surface area contributed by atoms with Gasteiger partial charge < -0.3 is 0 Å². The van der Waals surface area contributed by atoms with Gasteiger partial charge in [0.2, 0.25) is 0 Å². The Morgan fingerprint density at radius 2 is 2.06 bits per heavy atom. The Morgan fingerprint density at radius 3 is 2.61 bits per heavy atom. The van der Waals surface area contributed by atoms with Gasteiger partial charge in [0, 0.05) is 16.5 Å². The molecule has 0 aliphatic heterocycles. The average Bonchev–Trinajstić information content (AvgIpc) is 2.39. The van der Waals surface area contributed by atoms with Crippen LogP contribution >= 0.6 is 23.4 Å². The van der Waals surface area contributed by atoms with Crippen molar-refractivity contribution < 1.29 is 0 Å². The summed E-state index contributed by atoms with van der Waals surface area (Å²) in [7, 11) is 0. The summed E-state index contributed by atoms with van der Waals surface area (Å²) < 4.78 is 0. The van der Waals surface area contributed by atoms with Gasteiger partial charge in [-0.25, -0.2) is 0 Å². The first-order valence-electron chi connectivity index (χ1n) is 6.08. The molecule has 0 aliphatic carbocycles. The number of rotatable bonds is 7. The zero-order valence-corrected chi connectivity index (χ0v) is 12.4. The Kier molecular flexibility index (Phi) is 6.56. The first kappa shape index (κ1) is 15.4. The Morgan fingerprint density at radius 1 is 1.39 bits per heavy atom. The van der Waals surface area contributed by atoms with Crippen molar-refractivity contribution in [2.75, 3.05) is 12.3 Å². The van der Waals surface area contributed by atoms with Crippen molar-refractivity contribution in [2.45, 2.75) is 31.6 Å². The highest BCUT2D eigenvalue weighted by Gasteiger charge is 2.22. The number of nitrogens with one attached hydrogen (secondary N) is 1. The van der Waals surface area contributed by atoms with Gasteiger partial charge in [-0.15, -0.1) is 0 Å². The number of benzene rings is 1. The molecule has 1 rings (SSSR count). The van der Waals surface area contributed by atoms with Gasteiger partial charge in [-0.05, 0) is 37.6 Å². The van der Waals surface area contributed by atoms with Crippen molar-refractivity contribution in [2.24, 2.45) is 0 Å². The van der Waals surface area contributed by atoms with Crippen LogP contribution in [0, 0.1) is 11.3 Å². The van der Waals surface area contributed by atoms with E-state index in [-0.39, 0.29) is 0 Å². The normalized spacial score (nSPS) is 13.9. The van der Waals surface area contributed by atoms with Crippen LogP contribution in [0.5, 0.6) is 0 Å². The molecule has 0 saturated carbocycles. The Hall–Kier alpha value is -0.690. The zero-order valence-electron chi connectivity index (χ0n) is 10.9. The molecule has 1 aromatic rings. The average molecular weight is 283 g/mol. The molecule has 0 bridgehead atoms. The molecule has 0 aliphatic rings. The zero-order chi connectivity index (χ0) is 13.4. The van der Waals surface area contributed by atoms with Gasteiger partial charge in [0.05, 0.1) is 6.07 Å². The summed E-state index contributed by atoms with van der Waals surface area (Å²) in [5.74, 6) is 1.69. The van der Waals surface area contributed by atoms with Crippen molar-refractivity contribution in [3.63, 3.8) is 0 Å². The number of hydrogen-bond acceptors (Lipinski definition) is 3. The molecule has 1 N–H and O–H groups in total. The van der Waals surface area contributed by atoms with Crippen LogP contribution < -0.4 is 5.32 Å². The minimum atomic E-state index is -0.437. The van der Waals surface area contributed by atoms with Gasteiger partial charge >= 0.3 is 0 Å². The summed E-state index contributed by atoms with van der Waals surface area (Å²) in [6, 6.07) is 10.2. The third-order valence-corrected chi connectivity index (χ3v) is 4.16. The number of halogens is 1. The van der Waals surface area contributed by atoms with E-state index in [2.05, 4.69) is 18.3 Å². The van der Waals surface area contributed by atoms with Gasteiger partial charge in [0.25, 0.3) is 0 Å². The van der Waals surface area contributed by atoms with Crippen LogP contribution in [-0.4, -0.2) is 17.8 Å². The molecule has 0 saturated heterocycles. The van der Waals surface area contributed by atoms with Crippen LogP contribution in [0.4, 0.5) is 0 Å². The van der Waals surface area contributed by atoms with Crippen LogP contribution in [0.2, 0.25) is 5.02 Å². The van der Waals surface area contributed by atoms with Crippen molar-refractivity contribution in [1.29, 1.82) is 5.26 Å². The third kappa shape index (κ3) is 5.30. The number of nitriles is 1. The quantitative estimate of drug-likeness (QED) is 0.825. The van der Waals surface area contributed by atoms with Crippen LogP contribution in [0.25, 0.3) is 0 Å². The summed E-state index contributed by atoms with van der Waals surface area (Å²) in [5.41, 5.74) is 0.799. The second-order valence-electron chi connectivity index (χ2n) is 4.49. The second-order valence-corrected chi connectivity index (χ2v) is 5.91.